The number of hydrogen-bond acceptors (Lipinski definition) is 5. The number of piperidine rings is 1. The van der Waals surface area contributed by atoms with E-state index in [-0.39, 0.29) is 11.9 Å². The number of carbonyl (C=O) groups is 1. The van der Waals surface area contributed by atoms with Crippen LogP contribution in [0.25, 0.3) is 0 Å². The largest absolute Gasteiger partial charge is 0.378 e. The van der Waals surface area contributed by atoms with E-state index < -0.39 is 0 Å². The molecule has 0 radical (unpaired) electrons. The third kappa shape index (κ3) is 3.21. The maximum atomic E-state index is 12.8. The van der Waals surface area contributed by atoms with Crippen LogP contribution in [0.15, 0.2) is 11.4 Å². The van der Waals surface area contributed by atoms with Crippen molar-refractivity contribution in [2.45, 2.75) is 44.2 Å². The number of amides is 1. The van der Waals surface area contributed by atoms with E-state index in [9.17, 15) is 10.1 Å². The van der Waals surface area contributed by atoms with Gasteiger partial charge in [-0.3, -0.25) is 9.69 Å². The molecule has 1 atom stereocenters. The number of rotatable bonds is 5. The highest BCUT2D eigenvalue weighted by atomic mass is 32.1. The monoisotopic (exact) mass is 345 g/mol. The lowest BCUT2D eigenvalue weighted by atomic mass is 10.0. The quantitative estimate of drug-likeness (QED) is 0.823. The predicted molar refractivity (Wildman–Crippen MR) is 93.1 cm³/mol. The van der Waals surface area contributed by atoms with Gasteiger partial charge in [0, 0.05) is 26.2 Å². The number of nitriles is 1. The molecule has 0 unspecified atom stereocenters. The molecule has 4 rings (SSSR count). The lowest BCUT2D eigenvalue weighted by Gasteiger charge is -2.35. The number of carbonyl (C=O) groups excluding carboxylic acids is 1. The van der Waals surface area contributed by atoms with Crippen molar-refractivity contribution in [2.24, 2.45) is 5.92 Å². The van der Waals surface area contributed by atoms with Crippen LogP contribution in [0.1, 0.15) is 37.7 Å². The molecular weight excluding hydrogens is 322 g/mol. The smallest absolute Gasteiger partial charge is 0.245 e. The lowest BCUT2D eigenvalue weighted by molar-refractivity contribution is -0.122. The molecule has 3 heterocycles. The summed E-state index contributed by atoms with van der Waals surface area (Å²) in [5.41, 5.74) is 0.612. The molecule has 0 spiro atoms. The number of likely N-dealkylation sites (tertiary alicyclic amines) is 1. The highest BCUT2D eigenvalue weighted by Crippen LogP contribution is 2.33. The van der Waals surface area contributed by atoms with Crippen molar-refractivity contribution in [1.29, 1.82) is 5.26 Å². The fourth-order valence-electron chi connectivity index (χ4n) is 3.71. The van der Waals surface area contributed by atoms with E-state index in [2.05, 4.69) is 11.0 Å². The van der Waals surface area contributed by atoms with Crippen molar-refractivity contribution in [3.05, 3.63) is 17.0 Å². The van der Waals surface area contributed by atoms with E-state index in [0.717, 1.165) is 56.4 Å². The van der Waals surface area contributed by atoms with Gasteiger partial charge in [0.25, 0.3) is 0 Å². The van der Waals surface area contributed by atoms with Gasteiger partial charge in [-0.1, -0.05) is 0 Å². The average Bonchev–Trinajstić information content (AvgIpc) is 3.19. The van der Waals surface area contributed by atoms with Crippen LogP contribution >= 0.6 is 11.3 Å². The topological polar surface area (TPSA) is 56.6 Å². The van der Waals surface area contributed by atoms with Gasteiger partial charge in [-0.2, -0.15) is 5.26 Å². The van der Waals surface area contributed by atoms with Gasteiger partial charge < -0.3 is 9.64 Å². The third-order valence-electron chi connectivity index (χ3n) is 5.37. The molecule has 5 nitrogen and oxygen atoms in total. The van der Waals surface area contributed by atoms with Crippen LogP contribution in [0.4, 0.5) is 5.00 Å². The minimum Gasteiger partial charge on any atom is -0.378 e. The highest BCUT2D eigenvalue weighted by molar-refractivity contribution is 7.14. The van der Waals surface area contributed by atoms with Gasteiger partial charge in [-0.25, -0.2) is 0 Å². The zero-order valence-corrected chi connectivity index (χ0v) is 14.6. The summed E-state index contributed by atoms with van der Waals surface area (Å²) in [6, 6.07) is 3.96. The molecule has 3 fully saturated rings. The van der Waals surface area contributed by atoms with E-state index >= 15 is 0 Å². The molecule has 24 heavy (non-hydrogen) atoms. The fraction of sp³-hybridized carbons (Fsp3) is 0.667. The summed E-state index contributed by atoms with van der Waals surface area (Å²) in [5, 5.41) is 11.9. The Hall–Kier alpha value is -1.42. The number of anilines is 1. The Morgan fingerprint density at radius 3 is 2.71 bits per heavy atom. The van der Waals surface area contributed by atoms with Gasteiger partial charge in [-0.15, -0.1) is 11.3 Å². The second-order valence-electron chi connectivity index (χ2n) is 7.06. The number of thiophene rings is 1. The van der Waals surface area contributed by atoms with Crippen molar-refractivity contribution in [3.63, 3.8) is 0 Å². The second-order valence-corrected chi connectivity index (χ2v) is 7.95. The van der Waals surface area contributed by atoms with Crippen LogP contribution < -0.4 is 4.90 Å². The first kappa shape index (κ1) is 16.1. The average molecular weight is 345 g/mol. The maximum absolute atomic E-state index is 12.8. The van der Waals surface area contributed by atoms with Crippen molar-refractivity contribution in [3.8, 4) is 6.07 Å². The molecule has 0 N–H and O–H groups in total. The summed E-state index contributed by atoms with van der Waals surface area (Å²) in [5.74, 6) is 0.972. The second kappa shape index (κ2) is 6.83. The molecule has 1 amide bonds. The minimum atomic E-state index is -0.0250. The van der Waals surface area contributed by atoms with Gasteiger partial charge in [0.2, 0.25) is 5.91 Å². The lowest BCUT2D eigenvalue weighted by Crippen LogP contribution is -2.47. The summed E-state index contributed by atoms with van der Waals surface area (Å²) in [4.78, 5) is 17.0. The number of nitrogens with zero attached hydrogens (tertiary/aromatic N) is 3. The Bertz CT molecular complexity index is 641. The Morgan fingerprint density at radius 1 is 1.21 bits per heavy atom. The number of ether oxygens (including phenoxy) is 1. The van der Waals surface area contributed by atoms with E-state index in [1.165, 1.54) is 24.2 Å². The van der Waals surface area contributed by atoms with Gasteiger partial charge in [0.1, 0.15) is 11.1 Å². The van der Waals surface area contributed by atoms with E-state index in [4.69, 9.17) is 4.74 Å². The molecule has 2 saturated heterocycles. The molecular formula is C18H23N3O2S. The summed E-state index contributed by atoms with van der Waals surface area (Å²) in [6.45, 7) is 3.52. The Balaban J connectivity index is 1.33. The summed E-state index contributed by atoms with van der Waals surface area (Å²) < 4.78 is 6.00. The van der Waals surface area contributed by atoms with E-state index in [0.29, 0.717) is 11.7 Å². The van der Waals surface area contributed by atoms with Crippen LogP contribution in [-0.2, 0) is 9.53 Å². The normalized spacial score (nSPS) is 26.0. The molecule has 0 aromatic carbocycles. The Labute approximate surface area is 146 Å². The molecule has 1 aliphatic carbocycles. The fourth-order valence-corrected chi connectivity index (χ4v) is 4.59. The molecule has 1 aromatic heterocycles. The predicted octanol–water partition coefficient (Wildman–Crippen LogP) is 2.62. The third-order valence-corrected chi connectivity index (χ3v) is 6.31. The van der Waals surface area contributed by atoms with Gasteiger partial charge in [0.05, 0.1) is 17.7 Å². The summed E-state index contributed by atoms with van der Waals surface area (Å²) in [6.07, 6.45) is 5.95. The standard InChI is InChI=1S/C18H23N3O2S/c19-11-14-6-10-24-18(14)21-9-5-16(17(21)22)20-7-3-15(4-8-20)23-12-13-1-2-13/h6,10,13,15-16H,1-5,7-9,12H2/t16-/m1/s1. The van der Waals surface area contributed by atoms with Crippen LogP contribution in [-0.4, -0.2) is 49.2 Å². The first-order valence-electron chi connectivity index (χ1n) is 8.91. The minimum absolute atomic E-state index is 0.0250. The molecule has 128 valence electrons. The molecule has 0 bridgehead atoms. The van der Waals surface area contributed by atoms with Crippen molar-refractivity contribution in [2.75, 3.05) is 31.1 Å². The van der Waals surface area contributed by atoms with E-state index in [1.54, 1.807) is 6.07 Å². The van der Waals surface area contributed by atoms with Gasteiger partial charge in [0.15, 0.2) is 0 Å². The number of hydrogen-bond donors (Lipinski definition) is 0. The molecule has 6 heteroatoms. The van der Waals surface area contributed by atoms with Crippen molar-refractivity contribution < 1.29 is 9.53 Å². The Kier molecular flexibility index (Phi) is 4.57. The maximum Gasteiger partial charge on any atom is 0.245 e. The highest BCUT2D eigenvalue weighted by Gasteiger charge is 2.39. The molecule has 3 aliphatic rings. The SMILES string of the molecule is N#Cc1ccsc1N1CC[C@@H](N2CCC(OCC3CC3)CC2)C1=O. The summed E-state index contributed by atoms with van der Waals surface area (Å²) in [7, 11) is 0. The Morgan fingerprint density at radius 2 is 2.00 bits per heavy atom. The van der Waals surface area contributed by atoms with Gasteiger partial charge >= 0.3 is 0 Å². The first-order valence-corrected chi connectivity index (χ1v) is 9.79. The van der Waals surface area contributed by atoms with E-state index in [1.807, 2.05) is 10.3 Å². The zero-order chi connectivity index (χ0) is 16.5. The molecule has 1 saturated carbocycles. The summed E-state index contributed by atoms with van der Waals surface area (Å²) >= 11 is 1.48. The van der Waals surface area contributed by atoms with Crippen molar-refractivity contribution in [1.82, 2.24) is 4.90 Å². The first-order chi connectivity index (χ1) is 11.8. The van der Waals surface area contributed by atoms with Crippen LogP contribution in [0.3, 0.4) is 0 Å². The molecule has 2 aliphatic heterocycles. The van der Waals surface area contributed by atoms with Crippen LogP contribution in [0.5, 0.6) is 0 Å². The van der Waals surface area contributed by atoms with Crippen molar-refractivity contribution >= 4 is 22.2 Å². The molecule has 1 aromatic rings. The van der Waals surface area contributed by atoms with Crippen LogP contribution in [0, 0.1) is 17.2 Å². The van der Waals surface area contributed by atoms with Crippen LogP contribution in [0.2, 0.25) is 0 Å². The van der Waals surface area contributed by atoms with Gasteiger partial charge in [-0.05, 0) is 49.5 Å². The zero-order valence-electron chi connectivity index (χ0n) is 13.8.